The van der Waals surface area contributed by atoms with Crippen LogP contribution in [0.2, 0.25) is 0 Å². The van der Waals surface area contributed by atoms with Crippen LogP contribution < -0.4 is 10.6 Å². The Hall–Kier alpha value is -2.84. The summed E-state index contributed by atoms with van der Waals surface area (Å²) < 4.78 is 5.72. The van der Waals surface area contributed by atoms with Crippen molar-refractivity contribution < 1.29 is 9.53 Å². The van der Waals surface area contributed by atoms with Gasteiger partial charge in [-0.25, -0.2) is 15.0 Å². The third-order valence-corrected chi connectivity index (χ3v) is 6.59. The SMILES string of the molecule is CC(=O)c1cccc(Nc2nccc(-c3sc(NCC4CCCO4)nc3C3CC3)n2)c1. The summed E-state index contributed by atoms with van der Waals surface area (Å²) in [7, 11) is 0. The number of carbonyl (C=O) groups excluding carboxylic acids is 1. The molecule has 1 aliphatic heterocycles. The Kier molecular flexibility index (Phi) is 5.65. The number of hydrogen-bond donors (Lipinski definition) is 2. The molecular weight excluding hydrogens is 410 g/mol. The standard InChI is InChI=1S/C23H25N5O2S/c1-14(29)16-4-2-5-17(12-16)26-22-24-10-9-19(27-22)21-20(15-7-8-15)28-23(31-21)25-13-18-6-3-11-30-18/h2,4-5,9-10,12,15,18H,3,6-8,11,13H2,1H3,(H,25,28)(H,24,26,27). The number of carbonyl (C=O) groups is 1. The van der Waals surface area contributed by atoms with Gasteiger partial charge in [-0.3, -0.25) is 4.79 Å². The quantitative estimate of drug-likeness (QED) is 0.481. The molecule has 160 valence electrons. The maximum absolute atomic E-state index is 11.7. The van der Waals surface area contributed by atoms with Crippen molar-refractivity contribution in [3.05, 3.63) is 47.8 Å². The number of hydrogen-bond acceptors (Lipinski definition) is 8. The van der Waals surface area contributed by atoms with Crippen LogP contribution in [0.5, 0.6) is 0 Å². The number of Topliss-reactive ketones (excluding diaryl/α,β-unsaturated/α-hetero) is 1. The number of ether oxygens (including phenoxy) is 1. The van der Waals surface area contributed by atoms with Gasteiger partial charge in [0.05, 0.1) is 22.4 Å². The minimum Gasteiger partial charge on any atom is -0.376 e. The molecule has 1 saturated heterocycles. The van der Waals surface area contributed by atoms with Gasteiger partial charge in [-0.1, -0.05) is 23.5 Å². The minimum absolute atomic E-state index is 0.0279. The Bertz CT molecular complexity index is 1090. The van der Waals surface area contributed by atoms with Gasteiger partial charge in [0.25, 0.3) is 0 Å². The number of aromatic nitrogens is 3. The van der Waals surface area contributed by atoms with Gasteiger partial charge in [0.2, 0.25) is 5.95 Å². The molecule has 0 spiro atoms. The Balaban J connectivity index is 1.37. The van der Waals surface area contributed by atoms with E-state index in [0.29, 0.717) is 17.4 Å². The van der Waals surface area contributed by atoms with Crippen LogP contribution in [0, 0.1) is 0 Å². The highest BCUT2D eigenvalue weighted by molar-refractivity contribution is 7.19. The second-order valence-corrected chi connectivity index (χ2v) is 9.05. The molecule has 2 aliphatic rings. The maximum atomic E-state index is 11.7. The average Bonchev–Trinajstić information content (AvgIpc) is 3.31. The average molecular weight is 436 g/mol. The molecule has 1 aromatic carbocycles. The highest BCUT2D eigenvalue weighted by atomic mass is 32.1. The molecule has 0 radical (unpaired) electrons. The van der Waals surface area contributed by atoms with Crippen molar-refractivity contribution in [3.63, 3.8) is 0 Å². The summed E-state index contributed by atoms with van der Waals surface area (Å²) in [6.45, 7) is 3.21. The largest absolute Gasteiger partial charge is 0.376 e. The van der Waals surface area contributed by atoms with Gasteiger partial charge in [-0.05, 0) is 50.8 Å². The summed E-state index contributed by atoms with van der Waals surface area (Å²) in [5.74, 6) is 1.05. The van der Waals surface area contributed by atoms with Crippen molar-refractivity contribution in [1.82, 2.24) is 15.0 Å². The van der Waals surface area contributed by atoms with Crippen LogP contribution in [0.15, 0.2) is 36.5 Å². The maximum Gasteiger partial charge on any atom is 0.227 e. The number of benzene rings is 1. The van der Waals surface area contributed by atoms with E-state index in [1.807, 2.05) is 24.3 Å². The molecule has 0 amide bonds. The lowest BCUT2D eigenvalue weighted by Gasteiger charge is -2.09. The molecule has 7 nitrogen and oxygen atoms in total. The van der Waals surface area contributed by atoms with Crippen LogP contribution in [-0.4, -0.2) is 40.0 Å². The first-order chi connectivity index (χ1) is 15.2. The van der Waals surface area contributed by atoms with E-state index in [1.165, 1.54) is 12.8 Å². The molecule has 31 heavy (non-hydrogen) atoms. The lowest BCUT2D eigenvalue weighted by molar-refractivity contribution is 0.101. The molecule has 1 aliphatic carbocycles. The summed E-state index contributed by atoms with van der Waals surface area (Å²) >= 11 is 1.65. The number of ketones is 1. The fourth-order valence-electron chi connectivity index (χ4n) is 3.72. The van der Waals surface area contributed by atoms with E-state index in [2.05, 4.69) is 15.6 Å². The third-order valence-electron chi connectivity index (χ3n) is 5.54. The number of rotatable bonds is 8. The number of thiazole rings is 1. The summed E-state index contributed by atoms with van der Waals surface area (Å²) in [6, 6.07) is 9.30. The summed E-state index contributed by atoms with van der Waals surface area (Å²) in [4.78, 5) is 26.8. The van der Waals surface area contributed by atoms with Crippen LogP contribution in [0.3, 0.4) is 0 Å². The smallest absolute Gasteiger partial charge is 0.227 e. The van der Waals surface area contributed by atoms with E-state index in [4.69, 9.17) is 14.7 Å². The van der Waals surface area contributed by atoms with Crippen LogP contribution in [0.25, 0.3) is 10.6 Å². The van der Waals surface area contributed by atoms with Crippen LogP contribution >= 0.6 is 11.3 Å². The zero-order chi connectivity index (χ0) is 21.2. The van der Waals surface area contributed by atoms with E-state index in [9.17, 15) is 4.79 Å². The first kappa shape index (κ1) is 20.1. The summed E-state index contributed by atoms with van der Waals surface area (Å²) in [5.41, 5.74) is 3.44. The Morgan fingerprint density at radius 1 is 1.23 bits per heavy atom. The monoisotopic (exact) mass is 435 g/mol. The normalized spacial score (nSPS) is 18.2. The summed E-state index contributed by atoms with van der Waals surface area (Å²) in [6.07, 6.45) is 6.63. The van der Waals surface area contributed by atoms with E-state index in [-0.39, 0.29) is 11.9 Å². The van der Waals surface area contributed by atoms with Gasteiger partial charge in [0, 0.05) is 36.5 Å². The van der Waals surface area contributed by atoms with E-state index < -0.39 is 0 Å². The van der Waals surface area contributed by atoms with E-state index >= 15 is 0 Å². The first-order valence-electron chi connectivity index (χ1n) is 10.7. The highest BCUT2D eigenvalue weighted by Gasteiger charge is 2.31. The topological polar surface area (TPSA) is 89.0 Å². The van der Waals surface area contributed by atoms with Crippen LogP contribution in [0.4, 0.5) is 16.8 Å². The molecule has 2 fully saturated rings. The molecule has 3 heterocycles. The van der Waals surface area contributed by atoms with Gasteiger partial charge >= 0.3 is 0 Å². The Morgan fingerprint density at radius 2 is 2.13 bits per heavy atom. The molecule has 3 aromatic rings. The first-order valence-corrected chi connectivity index (χ1v) is 11.5. The zero-order valence-corrected chi connectivity index (χ0v) is 18.2. The van der Waals surface area contributed by atoms with E-state index in [0.717, 1.165) is 53.1 Å². The molecule has 1 atom stereocenters. The third kappa shape index (κ3) is 4.75. The number of anilines is 3. The van der Waals surface area contributed by atoms with Crippen molar-refractivity contribution in [2.45, 2.75) is 44.6 Å². The zero-order valence-electron chi connectivity index (χ0n) is 17.4. The molecule has 1 unspecified atom stereocenters. The van der Waals surface area contributed by atoms with E-state index in [1.54, 1.807) is 30.5 Å². The lowest BCUT2D eigenvalue weighted by atomic mass is 10.1. The molecule has 2 aromatic heterocycles. The molecule has 8 heteroatoms. The van der Waals surface area contributed by atoms with Gasteiger partial charge in [-0.15, -0.1) is 0 Å². The van der Waals surface area contributed by atoms with Gasteiger partial charge in [0.15, 0.2) is 10.9 Å². The molecule has 0 bridgehead atoms. The van der Waals surface area contributed by atoms with Crippen molar-refractivity contribution in [3.8, 4) is 10.6 Å². The van der Waals surface area contributed by atoms with Gasteiger partial charge < -0.3 is 15.4 Å². The Labute approximate surface area is 185 Å². The second-order valence-electron chi connectivity index (χ2n) is 8.05. The highest BCUT2D eigenvalue weighted by Crippen LogP contribution is 2.47. The molecule has 1 saturated carbocycles. The molecular formula is C23H25N5O2S. The fraction of sp³-hybridized carbons (Fsp3) is 0.391. The lowest BCUT2D eigenvalue weighted by Crippen LogP contribution is -2.18. The minimum atomic E-state index is 0.0279. The van der Waals surface area contributed by atoms with Gasteiger partial charge in [-0.2, -0.15) is 0 Å². The van der Waals surface area contributed by atoms with Crippen molar-refractivity contribution >= 4 is 33.9 Å². The molecule has 2 N–H and O–H groups in total. The predicted octanol–water partition coefficient (Wildman–Crippen LogP) is 5.01. The fourth-order valence-corrected chi connectivity index (χ4v) is 4.75. The van der Waals surface area contributed by atoms with Gasteiger partial charge in [0.1, 0.15) is 0 Å². The van der Waals surface area contributed by atoms with Crippen molar-refractivity contribution in [2.75, 3.05) is 23.8 Å². The van der Waals surface area contributed by atoms with Crippen LogP contribution in [-0.2, 0) is 4.74 Å². The van der Waals surface area contributed by atoms with Crippen molar-refractivity contribution in [1.29, 1.82) is 0 Å². The predicted molar refractivity (Wildman–Crippen MR) is 122 cm³/mol. The molecule has 5 rings (SSSR count). The van der Waals surface area contributed by atoms with Crippen LogP contribution in [0.1, 0.15) is 54.6 Å². The second kappa shape index (κ2) is 8.72. The number of nitrogens with one attached hydrogen (secondary N) is 2. The summed E-state index contributed by atoms with van der Waals surface area (Å²) in [5, 5.41) is 7.61. The van der Waals surface area contributed by atoms with Crippen molar-refractivity contribution in [2.24, 2.45) is 0 Å². The Morgan fingerprint density at radius 3 is 2.90 bits per heavy atom. The number of nitrogens with zero attached hydrogens (tertiary/aromatic N) is 3.